The van der Waals surface area contributed by atoms with Gasteiger partial charge in [0.15, 0.2) is 0 Å². The molecule has 3 nitrogen and oxygen atoms in total. The van der Waals surface area contributed by atoms with E-state index in [2.05, 4.69) is 30.4 Å². The number of nitrogens with one attached hydrogen (secondary N) is 1. The van der Waals surface area contributed by atoms with Gasteiger partial charge in [-0.15, -0.1) is 0 Å². The van der Waals surface area contributed by atoms with Gasteiger partial charge in [-0.2, -0.15) is 0 Å². The van der Waals surface area contributed by atoms with Crippen LogP contribution < -0.4 is 5.32 Å². The van der Waals surface area contributed by atoms with E-state index < -0.39 is 0 Å². The van der Waals surface area contributed by atoms with Crippen LogP contribution in [0.4, 0.5) is 5.69 Å². The van der Waals surface area contributed by atoms with Crippen LogP contribution in [0.3, 0.4) is 0 Å². The van der Waals surface area contributed by atoms with Gasteiger partial charge in [0, 0.05) is 19.3 Å². The normalized spacial score (nSPS) is 17.8. The van der Waals surface area contributed by atoms with Crippen molar-refractivity contribution in [3.8, 4) is 0 Å². The van der Waals surface area contributed by atoms with Gasteiger partial charge in [-0.3, -0.25) is 4.79 Å². The van der Waals surface area contributed by atoms with Crippen LogP contribution in [-0.4, -0.2) is 30.4 Å². The van der Waals surface area contributed by atoms with Crippen LogP contribution in [0.5, 0.6) is 0 Å². The van der Waals surface area contributed by atoms with Crippen molar-refractivity contribution in [3.63, 3.8) is 0 Å². The minimum atomic E-state index is -0.0539. The van der Waals surface area contributed by atoms with Crippen LogP contribution in [0.1, 0.15) is 31.7 Å². The molecule has 1 aliphatic rings. The molecule has 0 spiro atoms. The van der Waals surface area contributed by atoms with E-state index in [4.69, 9.17) is 0 Å². The molecule has 2 rings (SSSR count). The minimum Gasteiger partial charge on any atom is -0.373 e. The number of amides is 1. The average molecular weight is 246 g/mol. The highest BCUT2D eigenvalue weighted by Gasteiger charge is 2.25. The zero-order valence-electron chi connectivity index (χ0n) is 11.3. The Hall–Kier alpha value is -1.51. The maximum atomic E-state index is 12.3. The summed E-state index contributed by atoms with van der Waals surface area (Å²) in [5.74, 6) is 0.220. The first-order valence-corrected chi connectivity index (χ1v) is 6.81. The summed E-state index contributed by atoms with van der Waals surface area (Å²) in [6.07, 6.45) is 4.08. The second kappa shape index (κ2) is 5.89. The molecule has 1 heterocycles. The molecule has 0 bridgehead atoms. The zero-order valence-corrected chi connectivity index (χ0v) is 11.3. The van der Waals surface area contributed by atoms with Crippen LogP contribution >= 0.6 is 0 Å². The fourth-order valence-corrected chi connectivity index (χ4v) is 2.40. The second-order valence-electron chi connectivity index (χ2n) is 5.01. The van der Waals surface area contributed by atoms with E-state index in [1.54, 1.807) is 0 Å². The Kier molecular flexibility index (Phi) is 4.24. The molecule has 1 aromatic rings. The van der Waals surface area contributed by atoms with Crippen molar-refractivity contribution in [3.05, 3.63) is 29.8 Å². The van der Waals surface area contributed by atoms with Gasteiger partial charge in [-0.25, -0.2) is 0 Å². The van der Waals surface area contributed by atoms with E-state index >= 15 is 0 Å². The standard InChI is InChI=1S/C15H22N2O/c1-3-4-11-17(2)15(18)14-10-9-12-7-5-6-8-13(12)16-14/h5-8,14,16H,3-4,9-11H2,1-2H3. The van der Waals surface area contributed by atoms with Gasteiger partial charge in [0.05, 0.1) is 0 Å². The van der Waals surface area contributed by atoms with Crippen molar-refractivity contribution in [2.75, 3.05) is 18.9 Å². The predicted molar refractivity (Wildman–Crippen MR) is 74.7 cm³/mol. The summed E-state index contributed by atoms with van der Waals surface area (Å²) in [5, 5.41) is 3.36. The van der Waals surface area contributed by atoms with E-state index in [-0.39, 0.29) is 11.9 Å². The summed E-state index contributed by atoms with van der Waals surface area (Å²) >= 11 is 0. The van der Waals surface area contributed by atoms with E-state index in [1.165, 1.54) is 5.56 Å². The van der Waals surface area contributed by atoms with Gasteiger partial charge >= 0.3 is 0 Å². The number of para-hydroxylation sites is 1. The van der Waals surface area contributed by atoms with E-state index in [9.17, 15) is 4.79 Å². The van der Waals surface area contributed by atoms with Crippen LogP contribution in [-0.2, 0) is 11.2 Å². The number of rotatable bonds is 4. The molecule has 0 aromatic heterocycles. The first-order valence-electron chi connectivity index (χ1n) is 6.81. The molecule has 1 unspecified atom stereocenters. The largest absolute Gasteiger partial charge is 0.373 e. The lowest BCUT2D eigenvalue weighted by molar-refractivity contribution is -0.131. The summed E-state index contributed by atoms with van der Waals surface area (Å²) in [7, 11) is 1.90. The molecule has 1 aliphatic heterocycles. The first-order chi connectivity index (χ1) is 8.72. The molecule has 0 fully saturated rings. The topological polar surface area (TPSA) is 32.3 Å². The zero-order chi connectivity index (χ0) is 13.0. The van der Waals surface area contributed by atoms with Crippen molar-refractivity contribution >= 4 is 11.6 Å². The molecule has 0 radical (unpaired) electrons. The van der Waals surface area contributed by atoms with Crippen LogP contribution in [0.2, 0.25) is 0 Å². The second-order valence-corrected chi connectivity index (χ2v) is 5.01. The van der Waals surface area contributed by atoms with Gasteiger partial charge in [0.1, 0.15) is 6.04 Å². The van der Waals surface area contributed by atoms with Crippen LogP contribution in [0, 0.1) is 0 Å². The molecule has 0 saturated heterocycles. The Balaban J connectivity index is 1.98. The number of anilines is 1. The van der Waals surface area contributed by atoms with Crippen molar-refractivity contribution in [2.45, 2.75) is 38.6 Å². The maximum Gasteiger partial charge on any atom is 0.244 e. The van der Waals surface area contributed by atoms with E-state index in [1.807, 2.05) is 18.0 Å². The van der Waals surface area contributed by atoms with Gasteiger partial charge < -0.3 is 10.2 Å². The maximum absolute atomic E-state index is 12.3. The lowest BCUT2D eigenvalue weighted by Crippen LogP contribution is -2.43. The molecule has 1 N–H and O–H groups in total. The van der Waals surface area contributed by atoms with Crippen molar-refractivity contribution in [2.24, 2.45) is 0 Å². The van der Waals surface area contributed by atoms with Crippen molar-refractivity contribution in [1.29, 1.82) is 0 Å². The highest BCUT2D eigenvalue weighted by molar-refractivity contribution is 5.85. The molecule has 0 aliphatic carbocycles. The first kappa shape index (κ1) is 12.9. The number of nitrogens with zero attached hydrogens (tertiary/aromatic N) is 1. The van der Waals surface area contributed by atoms with Crippen LogP contribution in [0.15, 0.2) is 24.3 Å². The molecule has 98 valence electrons. The number of aryl methyl sites for hydroxylation is 1. The molecular weight excluding hydrogens is 224 g/mol. The molecule has 1 aromatic carbocycles. The summed E-state index contributed by atoms with van der Waals surface area (Å²) < 4.78 is 0. The quantitative estimate of drug-likeness (QED) is 0.886. The third-order valence-corrected chi connectivity index (χ3v) is 3.57. The Labute approximate surface area is 109 Å². The van der Waals surface area contributed by atoms with Gasteiger partial charge in [-0.05, 0) is 30.9 Å². The highest BCUT2D eigenvalue weighted by atomic mass is 16.2. The Bertz CT molecular complexity index is 417. The number of hydrogen-bond acceptors (Lipinski definition) is 2. The smallest absolute Gasteiger partial charge is 0.244 e. The Morgan fingerprint density at radius 2 is 2.22 bits per heavy atom. The number of fused-ring (bicyclic) bond motifs is 1. The summed E-state index contributed by atoms with van der Waals surface area (Å²) in [6, 6.07) is 8.20. The molecule has 3 heteroatoms. The monoisotopic (exact) mass is 246 g/mol. The van der Waals surface area contributed by atoms with Gasteiger partial charge in [0.25, 0.3) is 0 Å². The summed E-state index contributed by atoms with van der Waals surface area (Å²) in [6.45, 7) is 3.00. The highest BCUT2D eigenvalue weighted by Crippen LogP contribution is 2.24. The lowest BCUT2D eigenvalue weighted by Gasteiger charge is -2.29. The molecule has 1 amide bonds. The SMILES string of the molecule is CCCCN(C)C(=O)C1CCc2ccccc2N1. The summed E-state index contributed by atoms with van der Waals surface area (Å²) in [4.78, 5) is 14.1. The van der Waals surface area contributed by atoms with E-state index in [0.29, 0.717) is 0 Å². The fraction of sp³-hybridized carbons (Fsp3) is 0.533. The number of hydrogen-bond donors (Lipinski definition) is 1. The third-order valence-electron chi connectivity index (χ3n) is 3.57. The predicted octanol–water partition coefficient (Wildman–Crippen LogP) is 2.67. The van der Waals surface area contributed by atoms with Crippen molar-refractivity contribution < 1.29 is 4.79 Å². The number of unbranched alkanes of at least 4 members (excludes halogenated alkanes) is 1. The van der Waals surface area contributed by atoms with Crippen molar-refractivity contribution in [1.82, 2.24) is 4.90 Å². The fourth-order valence-electron chi connectivity index (χ4n) is 2.40. The molecule has 0 saturated carbocycles. The van der Waals surface area contributed by atoms with Crippen LogP contribution in [0.25, 0.3) is 0 Å². The van der Waals surface area contributed by atoms with E-state index in [0.717, 1.165) is 37.9 Å². The number of likely N-dealkylation sites (N-methyl/N-ethyl adjacent to an activating group) is 1. The number of carbonyl (C=O) groups is 1. The average Bonchev–Trinajstić information content (AvgIpc) is 2.43. The Morgan fingerprint density at radius 1 is 1.44 bits per heavy atom. The van der Waals surface area contributed by atoms with Gasteiger partial charge in [0.2, 0.25) is 5.91 Å². The summed E-state index contributed by atoms with van der Waals surface area (Å²) in [5.41, 5.74) is 2.43. The van der Waals surface area contributed by atoms with Gasteiger partial charge in [-0.1, -0.05) is 31.5 Å². The number of benzene rings is 1. The molecular formula is C15H22N2O. The molecule has 1 atom stereocenters. The third kappa shape index (κ3) is 2.84. The Morgan fingerprint density at radius 3 is 3.00 bits per heavy atom. The number of carbonyl (C=O) groups excluding carboxylic acids is 1. The minimum absolute atomic E-state index is 0.0539. The molecule has 18 heavy (non-hydrogen) atoms. The lowest BCUT2D eigenvalue weighted by atomic mass is 9.97.